The molecule has 1 heterocycles. The number of nitrogens with one attached hydrogen (secondary N) is 1. The van der Waals surface area contributed by atoms with Crippen molar-refractivity contribution in [1.29, 1.82) is 0 Å². The van der Waals surface area contributed by atoms with Gasteiger partial charge in [0.05, 0.1) is 5.75 Å². The monoisotopic (exact) mass is 344 g/mol. The Hall–Kier alpha value is -1.51. The number of anilines is 2. The van der Waals surface area contributed by atoms with Crippen LogP contribution in [-0.4, -0.2) is 29.9 Å². The highest BCUT2D eigenvalue weighted by atomic mass is 35.5. The van der Waals surface area contributed by atoms with Crippen LogP contribution in [0, 0.1) is 0 Å². The number of halogens is 1. The molecule has 0 spiro atoms. The molecule has 1 aromatic carbocycles. The van der Waals surface area contributed by atoms with Gasteiger partial charge in [0.2, 0.25) is 10.0 Å². The van der Waals surface area contributed by atoms with Crippen LogP contribution in [0.3, 0.4) is 0 Å². The minimum atomic E-state index is -3.48. The van der Waals surface area contributed by atoms with Crippen LogP contribution in [0.5, 0.6) is 0 Å². The lowest BCUT2D eigenvalue weighted by Crippen LogP contribution is -2.18. The number of nitrogens with two attached hydrogens (primary N) is 1. The van der Waals surface area contributed by atoms with Crippen LogP contribution in [-0.2, 0) is 10.0 Å². The molecule has 0 radical (unpaired) electrons. The Morgan fingerprint density at radius 2 is 2.10 bits per heavy atom. The second-order valence-electron chi connectivity index (χ2n) is 4.07. The number of thioether (sulfide) groups is 1. The van der Waals surface area contributed by atoms with Gasteiger partial charge in [-0.15, -0.1) is 11.8 Å². The molecule has 0 aliphatic heterocycles. The maximum Gasteiger partial charge on any atom is 0.234 e. The van der Waals surface area contributed by atoms with E-state index in [4.69, 9.17) is 17.3 Å². The van der Waals surface area contributed by atoms with Crippen LogP contribution in [0.1, 0.15) is 0 Å². The lowest BCUT2D eigenvalue weighted by molar-refractivity contribution is 0.602. The van der Waals surface area contributed by atoms with E-state index in [2.05, 4.69) is 14.7 Å². The van der Waals surface area contributed by atoms with Gasteiger partial charge in [0.1, 0.15) is 17.3 Å². The van der Waals surface area contributed by atoms with Gasteiger partial charge in [0.25, 0.3) is 0 Å². The van der Waals surface area contributed by atoms with Crippen LogP contribution in [0.4, 0.5) is 11.5 Å². The second-order valence-corrected chi connectivity index (χ2v) is 7.47. The number of aromatic nitrogens is 2. The topological polar surface area (TPSA) is 98.0 Å². The summed E-state index contributed by atoms with van der Waals surface area (Å²) >= 11 is 7.09. The molecule has 2 aromatic rings. The molecule has 6 nitrogen and oxygen atoms in total. The van der Waals surface area contributed by atoms with Crippen LogP contribution in [0.25, 0.3) is 0 Å². The first-order chi connectivity index (χ1) is 9.94. The molecule has 112 valence electrons. The molecule has 0 amide bonds. The molecule has 0 saturated carbocycles. The summed E-state index contributed by atoms with van der Waals surface area (Å²) in [6.07, 6.45) is 1.20. The molecule has 21 heavy (non-hydrogen) atoms. The molecule has 0 saturated heterocycles. The van der Waals surface area contributed by atoms with Crippen molar-refractivity contribution in [2.24, 2.45) is 0 Å². The van der Waals surface area contributed by atoms with Gasteiger partial charge in [-0.05, 0) is 18.2 Å². The zero-order valence-electron chi connectivity index (χ0n) is 10.9. The first-order valence-corrected chi connectivity index (χ1v) is 8.92. The summed E-state index contributed by atoms with van der Waals surface area (Å²) in [5.41, 5.74) is 6.31. The SMILES string of the molecule is Nc1cccc(SCCS(=O)(=O)Nc2cc(Cl)ncn2)c1. The number of hydrogen-bond donors (Lipinski definition) is 2. The van der Waals surface area contributed by atoms with Crippen molar-refractivity contribution < 1.29 is 8.42 Å². The van der Waals surface area contributed by atoms with E-state index < -0.39 is 10.0 Å². The molecule has 2 rings (SSSR count). The van der Waals surface area contributed by atoms with Crippen LogP contribution in [0.2, 0.25) is 5.15 Å². The summed E-state index contributed by atoms with van der Waals surface area (Å²) in [5, 5.41) is 0.178. The third-order valence-electron chi connectivity index (χ3n) is 2.37. The highest BCUT2D eigenvalue weighted by molar-refractivity contribution is 8.01. The lowest BCUT2D eigenvalue weighted by Gasteiger charge is -2.07. The van der Waals surface area contributed by atoms with Crippen molar-refractivity contribution in [2.75, 3.05) is 22.0 Å². The van der Waals surface area contributed by atoms with Crippen LogP contribution >= 0.6 is 23.4 Å². The van der Waals surface area contributed by atoms with Crippen molar-refractivity contribution in [1.82, 2.24) is 9.97 Å². The Morgan fingerprint density at radius 3 is 2.81 bits per heavy atom. The summed E-state index contributed by atoms with van der Waals surface area (Å²) in [6.45, 7) is 0. The summed E-state index contributed by atoms with van der Waals surface area (Å²) in [7, 11) is -3.48. The lowest BCUT2D eigenvalue weighted by atomic mass is 10.3. The van der Waals surface area contributed by atoms with Crippen molar-refractivity contribution in [3.63, 3.8) is 0 Å². The molecule has 0 aliphatic rings. The van der Waals surface area contributed by atoms with Crippen molar-refractivity contribution in [3.8, 4) is 0 Å². The zero-order chi connectivity index (χ0) is 15.3. The number of nitrogens with zero attached hydrogens (tertiary/aromatic N) is 2. The third kappa shape index (κ3) is 5.41. The van der Waals surface area contributed by atoms with E-state index in [1.54, 1.807) is 12.1 Å². The van der Waals surface area contributed by atoms with Gasteiger partial charge < -0.3 is 5.73 Å². The maximum atomic E-state index is 11.9. The minimum Gasteiger partial charge on any atom is -0.399 e. The van der Waals surface area contributed by atoms with E-state index in [9.17, 15) is 8.42 Å². The quantitative estimate of drug-likeness (QED) is 0.474. The number of sulfonamides is 1. The molecule has 0 atom stereocenters. The van der Waals surface area contributed by atoms with Gasteiger partial charge in [0, 0.05) is 22.4 Å². The number of nitrogen functional groups attached to an aromatic ring is 1. The highest BCUT2D eigenvalue weighted by Crippen LogP contribution is 2.20. The summed E-state index contributed by atoms with van der Waals surface area (Å²) in [6, 6.07) is 8.64. The molecule has 9 heteroatoms. The summed E-state index contributed by atoms with van der Waals surface area (Å²) < 4.78 is 26.2. The van der Waals surface area contributed by atoms with Crippen LogP contribution < -0.4 is 10.5 Å². The van der Waals surface area contributed by atoms with Crippen molar-refractivity contribution in [2.45, 2.75) is 4.90 Å². The fourth-order valence-electron chi connectivity index (χ4n) is 1.47. The molecular weight excluding hydrogens is 332 g/mol. The number of benzene rings is 1. The van der Waals surface area contributed by atoms with E-state index in [1.807, 2.05) is 12.1 Å². The van der Waals surface area contributed by atoms with E-state index in [1.165, 1.54) is 24.2 Å². The average Bonchev–Trinajstić information content (AvgIpc) is 2.38. The van der Waals surface area contributed by atoms with Gasteiger partial charge in [-0.25, -0.2) is 18.4 Å². The molecule has 0 unspecified atom stereocenters. The maximum absolute atomic E-state index is 11.9. The Balaban J connectivity index is 1.90. The predicted octanol–water partition coefficient (Wildman–Crippen LogP) is 2.25. The fraction of sp³-hybridized carbons (Fsp3) is 0.167. The molecule has 3 N–H and O–H groups in total. The zero-order valence-corrected chi connectivity index (χ0v) is 13.2. The smallest absolute Gasteiger partial charge is 0.234 e. The first kappa shape index (κ1) is 15.9. The van der Waals surface area contributed by atoms with Gasteiger partial charge in [-0.3, -0.25) is 4.72 Å². The summed E-state index contributed by atoms with van der Waals surface area (Å²) in [5.74, 6) is 0.509. The fourth-order valence-corrected chi connectivity index (χ4v) is 3.99. The molecule has 0 bridgehead atoms. The van der Waals surface area contributed by atoms with Gasteiger partial charge in [-0.1, -0.05) is 17.7 Å². The molecule has 0 aliphatic carbocycles. The van der Waals surface area contributed by atoms with E-state index in [0.29, 0.717) is 11.4 Å². The normalized spacial score (nSPS) is 11.3. The van der Waals surface area contributed by atoms with E-state index in [-0.39, 0.29) is 16.7 Å². The second kappa shape index (κ2) is 6.97. The molecule has 0 fully saturated rings. The van der Waals surface area contributed by atoms with E-state index in [0.717, 1.165) is 4.90 Å². The number of rotatable bonds is 6. The third-order valence-corrected chi connectivity index (χ3v) is 5.10. The van der Waals surface area contributed by atoms with Gasteiger partial charge in [0.15, 0.2) is 0 Å². The van der Waals surface area contributed by atoms with Crippen LogP contribution in [0.15, 0.2) is 41.6 Å². The number of hydrogen-bond acceptors (Lipinski definition) is 6. The Kier molecular flexibility index (Phi) is 5.27. The summed E-state index contributed by atoms with van der Waals surface area (Å²) in [4.78, 5) is 8.40. The van der Waals surface area contributed by atoms with Gasteiger partial charge in [-0.2, -0.15) is 0 Å². The standard InChI is InChI=1S/C12H13ClN4O2S2/c13-11-7-12(16-8-15-11)17-21(18,19)5-4-20-10-3-1-2-9(14)6-10/h1-3,6-8H,4-5,14H2,(H,15,16,17). The predicted molar refractivity (Wildman–Crippen MR) is 86.0 cm³/mol. The van der Waals surface area contributed by atoms with Gasteiger partial charge >= 0.3 is 0 Å². The Morgan fingerprint density at radius 1 is 1.29 bits per heavy atom. The average molecular weight is 345 g/mol. The Labute approximate surface area is 132 Å². The highest BCUT2D eigenvalue weighted by Gasteiger charge is 2.11. The largest absolute Gasteiger partial charge is 0.399 e. The molecular formula is C12H13ClN4O2S2. The molecule has 1 aromatic heterocycles. The van der Waals surface area contributed by atoms with E-state index >= 15 is 0 Å². The Bertz CT molecular complexity index is 725. The minimum absolute atomic E-state index is 0.0475. The first-order valence-electron chi connectivity index (χ1n) is 5.91. The van der Waals surface area contributed by atoms with Crippen molar-refractivity contribution >= 4 is 44.9 Å². The van der Waals surface area contributed by atoms with Crippen molar-refractivity contribution in [3.05, 3.63) is 41.8 Å².